The lowest BCUT2D eigenvalue weighted by Gasteiger charge is -2.22. The van der Waals surface area contributed by atoms with Crippen LogP contribution in [0.25, 0.3) is 10.2 Å². The molecule has 4 rings (SSSR count). The van der Waals surface area contributed by atoms with Gasteiger partial charge in [-0.25, -0.2) is 4.98 Å². The summed E-state index contributed by atoms with van der Waals surface area (Å²) in [5.74, 6) is 0.831. The van der Waals surface area contributed by atoms with E-state index in [-0.39, 0.29) is 12.5 Å². The lowest BCUT2D eigenvalue weighted by atomic mass is 10.1. The Labute approximate surface area is 118 Å². The third-order valence-electron chi connectivity index (χ3n) is 3.72. The summed E-state index contributed by atoms with van der Waals surface area (Å²) in [4.78, 5) is 20.8. The molecule has 19 heavy (non-hydrogen) atoms. The summed E-state index contributed by atoms with van der Waals surface area (Å²) in [7, 11) is 2.12. The van der Waals surface area contributed by atoms with Crippen LogP contribution in [0.5, 0.6) is 0 Å². The van der Waals surface area contributed by atoms with Crippen molar-refractivity contribution in [3.63, 3.8) is 0 Å². The molecule has 0 aliphatic carbocycles. The summed E-state index contributed by atoms with van der Waals surface area (Å²) in [6, 6.07) is 0. The van der Waals surface area contributed by atoms with E-state index in [9.17, 15) is 4.79 Å². The Hall–Kier alpha value is -1.31. The van der Waals surface area contributed by atoms with Crippen LogP contribution in [0.15, 0.2) is 0 Å². The van der Waals surface area contributed by atoms with Gasteiger partial charge in [-0.15, -0.1) is 11.3 Å². The fraction of sp³-hybridized carbons (Fsp3) is 0.417. The van der Waals surface area contributed by atoms with Gasteiger partial charge in [0.1, 0.15) is 17.2 Å². The molecule has 1 amide bonds. The lowest BCUT2D eigenvalue weighted by molar-refractivity contribution is -0.115. The van der Waals surface area contributed by atoms with Crippen molar-refractivity contribution < 1.29 is 4.79 Å². The number of anilines is 1. The van der Waals surface area contributed by atoms with E-state index in [4.69, 9.17) is 12.2 Å². The zero-order valence-corrected chi connectivity index (χ0v) is 12.0. The molecule has 0 atom stereocenters. The van der Waals surface area contributed by atoms with Crippen LogP contribution in [0.1, 0.15) is 10.4 Å². The zero-order valence-electron chi connectivity index (χ0n) is 10.4. The number of fused-ring (bicyclic) bond motifs is 5. The van der Waals surface area contributed by atoms with Gasteiger partial charge in [0.25, 0.3) is 0 Å². The summed E-state index contributed by atoms with van der Waals surface area (Å²) >= 11 is 6.99. The van der Waals surface area contributed by atoms with Crippen LogP contribution in [0.4, 0.5) is 5.82 Å². The molecule has 0 aromatic carbocycles. The smallest absolute Gasteiger partial charge is 0.245 e. The van der Waals surface area contributed by atoms with Crippen molar-refractivity contribution in [1.82, 2.24) is 14.5 Å². The third-order valence-corrected chi connectivity index (χ3v) is 5.21. The van der Waals surface area contributed by atoms with Gasteiger partial charge in [-0.3, -0.25) is 9.36 Å². The zero-order chi connectivity index (χ0) is 13.1. The number of rotatable bonds is 0. The van der Waals surface area contributed by atoms with Crippen molar-refractivity contribution in [3.8, 4) is 0 Å². The van der Waals surface area contributed by atoms with E-state index in [0.29, 0.717) is 4.77 Å². The Morgan fingerprint density at radius 1 is 1.42 bits per heavy atom. The predicted octanol–water partition coefficient (Wildman–Crippen LogP) is 1.77. The number of carbonyl (C=O) groups is 1. The van der Waals surface area contributed by atoms with E-state index in [1.807, 2.05) is 4.57 Å². The van der Waals surface area contributed by atoms with Gasteiger partial charge in [-0.2, -0.15) is 0 Å². The first-order valence-electron chi connectivity index (χ1n) is 6.17. The van der Waals surface area contributed by atoms with Crippen LogP contribution in [0.2, 0.25) is 0 Å². The molecule has 0 saturated heterocycles. The monoisotopic (exact) mass is 292 g/mol. The average Bonchev–Trinajstić information content (AvgIpc) is 2.89. The number of hydrogen-bond acceptors (Lipinski definition) is 5. The third kappa shape index (κ3) is 1.58. The van der Waals surface area contributed by atoms with Gasteiger partial charge in [0, 0.05) is 18.0 Å². The van der Waals surface area contributed by atoms with E-state index in [1.54, 1.807) is 11.3 Å². The molecule has 1 N–H and O–H groups in total. The van der Waals surface area contributed by atoms with Gasteiger partial charge in [-0.1, -0.05) is 0 Å². The number of amides is 1. The molecule has 0 saturated carbocycles. The normalized spacial score (nSPS) is 18.5. The summed E-state index contributed by atoms with van der Waals surface area (Å²) in [5, 5.41) is 4.03. The molecule has 0 spiro atoms. The number of aromatic nitrogens is 2. The van der Waals surface area contributed by atoms with Crippen molar-refractivity contribution in [2.75, 3.05) is 18.9 Å². The quantitative estimate of drug-likeness (QED) is 0.752. The first kappa shape index (κ1) is 11.5. The minimum atomic E-state index is -0.00971. The van der Waals surface area contributed by atoms with Crippen LogP contribution in [0.3, 0.4) is 0 Å². The van der Waals surface area contributed by atoms with Gasteiger partial charge in [0.05, 0.1) is 5.39 Å². The van der Waals surface area contributed by atoms with E-state index in [0.717, 1.165) is 35.5 Å². The topological polar surface area (TPSA) is 50.2 Å². The number of thiophene rings is 1. The highest BCUT2D eigenvalue weighted by Crippen LogP contribution is 2.39. The highest BCUT2D eigenvalue weighted by molar-refractivity contribution is 7.71. The number of carbonyl (C=O) groups excluding carboxylic acids is 1. The first-order valence-corrected chi connectivity index (χ1v) is 7.39. The highest BCUT2D eigenvalue weighted by Gasteiger charge is 2.27. The number of likely N-dealkylation sites (N-methyl/N-ethyl adjacent to an activating group) is 1. The van der Waals surface area contributed by atoms with Gasteiger partial charge < -0.3 is 10.2 Å². The van der Waals surface area contributed by atoms with Crippen LogP contribution in [0, 0.1) is 4.77 Å². The predicted molar refractivity (Wildman–Crippen MR) is 77.1 cm³/mol. The number of nitrogens with zero attached hydrogens (tertiary/aromatic N) is 3. The van der Waals surface area contributed by atoms with Gasteiger partial charge in [0.2, 0.25) is 10.7 Å². The van der Waals surface area contributed by atoms with Crippen LogP contribution in [-0.4, -0.2) is 34.0 Å². The molecule has 4 heterocycles. The molecule has 2 aliphatic rings. The Bertz CT molecular complexity index is 776. The molecule has 0 fully saturated rings. The molecule has 0 radical (unpaired) electrons. The average molecular weight is 292 g/mol. The highest BCUT2D eigenvalue weighted by atomic mass is 32.1. The Kier molecular flexibility index (Phi) is 2.33. The van der Waals surface area contributed by atoms with Gasteiger partial charge in [0.15, 0.2) is 0 Å². The molecule has 7 heteroatoms. The second-order valence-corrected chi connectivity index (χ2v) is 6.50. The molecule has 0 unspecified atom stereocenters. The molecule has 2 aromatic rings. The van der Waals surface area contributed by atoms with Crippen LogP contribution >= 0.6 is 23.6 Å². The second kappa shape index (κ2) is 3.84. The Morgan fingerprint density at radius 2 is 2.26 bits per heavy atom. The minimum Gasteiger partial charge on any atom is -0.310 e. The molecule has 2 aliphatic heterocycles. The van der Waals surface area contributed by atoms with E-state index >= 15 is 0 Å². The van der Waals surface area contributed by atoms with E-state index < -0.39 is 0 Å². The van der Waals surface area contributed by atoms with Crippen molar-refractivity contribution in [2.45, 2.75) is 19.5 Å². The summed E-state index contributed by atoms with van der Waals surface area (Å²) < 4.78 is 2.30. The number of hydrogen-bond donors (Lipinski definition) is 1. The van der Waals surface area contributed by atoms with Crippen molar-refractivity contribution in [3.05, 3.63) is 15.2 Å². The maximum atomic E-state index is 11.6. The maximum absolute atomic E-state index is 11.6. The lowest BCUT2D eigenvalue weighted by Crippen LogP contribution is -2.25. The van der Waals surface area contributed by atoms with E-state index in [2.05, 4.69) is 22.2 Å². The first-order chi connectivity index (χ1) is 9.13. The fourth-order valence-electron chi connectivity index (χ4n) is 2.80. The SMILES string of the molecule is CN1CCc2sc3nc(=S)n4c(c3c2C1)NC(=O)C4. The molecule has 0 bridgehead atoms. The largest absolute Gasteiger partial charge is 0.310 e. The van der Waals surface area contributed by atoms with Crippen molar-refractivity contribution >= 4 is 45.5 Å². The Balaban J connectivity index is 2.08. The fourth-order valence-corrected chi connectivity index (χ4v) is 4.28. The molecular formula is C12H12N4OS2. The van der Waals surface area contributed by atoms with E-state index in [1.165, 1.54) is 10.4 Å². The summed E-state index contributed by atoms with van der Waals surface area (Å²) in [5.41, 5.74) is 1.31. The standard InChI is InChI=1S/C12H12N4OS2/c1-15-3-2-7-6(4-15)9-10-13-8(17)5-16(10)12(18)14-11(9)19-7/h2-5H2,1H3,(H,13,17). The molecule has 5 nitrogen and oxygen atoms in total. The molecule has 2 aromatic heterocycles. The molecule has 98 valence electrons. The maximum Gasteiger partial charge on any atom is 0.245 e. The second-order valence-electron chi connectivity index (χ2n) is 5.05. The Morgan fingerprint density at radius 3 is 3.11 bits per heavy atom. The summed E-state index contributed by atoms with van der Waals surface area (Å²) in [6.07, 6.45) is 1.05. The van der Waals surface area contributed by atoms with Gasteiger partial charge in [-0.05, 0) is 31.2 Å². The minimum absolute atomic E-state index is 0.00971. The van der Waals surface area contributed by atoms with Gasteiger partial charge >= 0.3 is 0 Å². The van der Waals surface area contributed by atoms with Crippen LogP contribution in [-0.2, 0) is 24.3 Å². The molecular weight excluding hydrogens is 280 g/mol. The van der Waals surface area contributed by atoms with Crippen molar-refractivity contribution in [1.29, 1.82) is 0 Å². The number of nitrogens with one attached hydrogen (secondary N) is 1. The van der Waals surface area contributed by atoms with Crippen LogP contribution < -0.4 is 5.32 Å². The summed E-state index contributed by atoms with van der Waals surface area (Å²) in [6.45, 7) is 2.27. The van der Waals surface area contributed by atoms with Crippen molar-refractivity contribution in [2.24, 2.45) is 0 Å².